The maximum atomic E-state index is 13.1. The van der Waals surface area contributed by atoms with Gasteiger partial charge in [0.05, 0.1) is 6.04 Å². The van der Waals surface area contributed by atoms with Crippen LogP contribution in [0, 0.1) is 5.92 Å². The average molecular weight is 548 g/mol. The number of nitrogens with two attached hydrogens (primary N) is 3. The van der Waals surface area contributed by atoms with E-state index in [1.807, 2.05) is 20.1 Å². The number of carbonyl (C=O) groups excluding carboxylic acids is 3. The molecule has 4 unspecified atom stereocenters. The molecule has 0 aliphatic carbocycles. The molecular formula is C22H41N7O7S. The number of nitrogens with zero attached hydrogens (tertiary/aromatic N) is 1. The second-order valence-electron chi connectivity index (χ2n) is 8.92. The third-order valence-corrected chi connectivity index (χ3v) is 5.79. The van der Waals surface area contributed by atoms with Gasteiger partial charge >= 0.3 is 11.9 Å². The minimum atomic E-state index is -1.18. The SMILES string of the molecule is CSCCC(NC(=O)C(CC(C)C)NC(=O)C(CCCN=C(N)N)NC(=O)C(N)CCC(=O)O)C(=O)O. The number of thioether (sulfide) groups is 1. The molecule has 0 spiro atoms. The fraction of sp³-hybridized carbons (Fsp3) is 0.727. The number of rotatable bonds is 19. The van der Waals surface area contributed by atoms with E-state index in [2.05, 4.69) is 20.9 Å². The smallest absolute Gasteiger partial charge is 0.326 e. The van der Waals surface area contributed by atoms with Crippen LogP contribution in [0.5, 0.6) is 0 Å². The highest BCUT2D eigenvalue weighted by molar-refractivity contribution is 7.98. The van der Waals surface area contributed by atoms with Crippen LogP contribution in [0.1, 0.15) is 52.4 Å². The minimum Gasteiger partial charge on any atom is -0.481 e. The molecule has 0 aliphatic heterocycles. The number of carboxylic acids is 2. The molecule has 0 heterocycles. The molecule has 14 nitrogen and oxygen atoms in total. The van der Waals surface area contributed by atoms with Gasteiger partial charge in [-0.2, -0.15) is 11.8 Å². The maximum Gasteiger partial charge on any atom is 0.326 e. The van der Waals surface area contributed by atoms with Gasteiger partial charge in [0.25, 0.3) is 0 Å². The Kier molecular flexibility index (Phi) is 16.7. The van der Waals surface area contributed by atoms with E-state index in [1.54, 1.807) is 0 Å². The van der Waals surface area contributed by atoms with Crippen LogP contribution in [-0.4, -0.2) is 88.6 Å². The second kappa shape index (κ2) is 18.2. The molecule has 0 radical (unpaired) electrons. The van der Waals surface area contributed by atoms with Crippen molar-refractivity contribution in [1.29, 1.82) is 0 Å². The van der Waals surface area contributed by atoms with Crippen LogP contribution >= 0.6 is 11.8 Å². The normalized spacial score (nSPS) is 14.1. The zero-order valence-corrected chi connectivity index (χ0v) is 22.4. The van der Waals surface area contributed by atoms with E-state index < -0.39 is 53.8 Å². The fourth-order valence-electron chi connectivity index (χ4n) is 3.20. The summed E-state index contributed by atoms with van der Waals surface area (Å²) in [6.07, 6.45) is 2.19. The lowest BCUT2D eigenvalue weighted by atomic mass is 10.0. The molecule has 0 aromatic carbocycles. The van der Waals surface area contributed by atoms with Gasteiger partial charge in [0.2, 0.25) is 17.7 Å². The molecule has 0 fully saturated rings. The lowest BCUT2D eigenvalue weighted by Crippen LogP contribution is -2.57. The lowest BCUT2D eigenvalue weighted by molar-refractivity contribution is -0.142. The third-order valence-electron chi connectivity index (χ3n) is 5.15. The molecule has 212 valence electrons. The molecule has 3 amide bonds. The molecule has 4 atom stereocenters. The number of hydrogen-bond acceptors (Lipinski definition) is 8. The molecule has 0 saturated carbocycles. The summed E-state index contributed by atoms with van der Waals surface area (Å²) < 4.78 is 0. The first kappa shape index (κ1) is 33.9. The van der Waals surface area contributed by atoms with E-state index in [9.17, 15) is 29.1 Å². The summed E-state index contributed by atoms with van der Waals surface area (Å²) in [4.78, 5) is 64.7. The monoisotopic (exact) mass is 547 g/mol. The summed E-state index contributed by atoms with van der Waals surface area (Å²) in [6, 6.07) is -4.45. The van der Waals surface area contributed by atoms with E-state index >= 15 is 0 Å². The quantitative estimate of drug-likeness (QED) is 0.0528. The second-order valence-corrected chi connectivity index (χ2v) is 9.91. The molecule has 0 bridgehead atoms. The number of guanidine groups is 1. The average Bonchev–Trinajstić information content (AvgIpc) is 2.80. The number of amides is 3. The summed E-state index contributed by atoms with van der Waals surface area (Å²) in [5, 5.41) is 25.8. The molecule has 37 heavy (non-hydrogen) atoms. The number of hydrogen-bond donors (Lipinski definition) is 8. The maximum absolute atomic E-state index is 13.1. The minimum absolute atomic E-state index is 0.0233. The van der Waals surface area contributed by atoms with Gasteiger partial charge in [0.1, 0.15) is 18.1 Å². The van der Waals surface area contributed by atoms with Crippen LogP contribution in [0.25, 0.3) is 0 Å². The zero-order chi connectivity index (χ0) is 28.5. The van der Waals surface area contributed by atoms with E-state index in [1.165, 1.54) is 11.8 Å². The molecule has 0 aromatic heterocycles. The van der Waals surface area contributed by atoms with Gasteiger partial charge in [-0.1, -0.05) is 13.8 Å². The van der Waals surface area contributed by atoms with Crippen molar-refractivity contribution in [2.75, 3.05) is 18.6 Å². The molecular weight excluding hydrogens is 506 g/mol. The molecule has 11 N–H and O–H groups in total. The van der Waals surface area contributed by atoms with Crippen molar-refractivity contribution in [3.8, 4) is 0 Å². The third kappa shape index (κ3) is 15.6. The van der Waals surface area contributed by atoms with Crippen molar-refractivity contribution in [3.05, 3.63) is 0 Å². The molecule has 15 heteroatoms. The molecule has 0 aromatic rings. The largest absolute Gasteiger partial charge is 0.481 e. The Labute approximate surface area is 220 Å². The van der Waals surface area contributed by atoms with Gasteiger partial charge in [-0.3, -0.25) is 24.2 Å². The fourth-order valence-corrected chi connectivity index (χ4v) is 3.67. The number of carbonyl (C=O) groups is 5. The first-order valence-electron chi connectivity index (χ1n) is 11.9. The molecule has 0 aliphatic rings. The van der Waals surface area contributed by atoms with Crippen molar-refractivity contribution in [2.24, 2.45) is 28.1 Å². The van der Waals surface area contributed by atoms with E-state index in [-0.39, 0.29) is 50.5 Å². The summed E-state index contributed by atoms with van der Waals surface area (Å²) >= 11 is 1.44. The predicted molar refractivity (Wildman–Crippen MR) is 141 cm³/mol. The van der Waals surface area contributed by atoms with Crippen molar-refractivity contribution in [2.45, 2.75) is 76.5 Å². The summed E-state index contributed by atoms with van der Waals surface area (Å²) in [5.74, 6) is -4.00. The Balaban J connectivity index is 5.58. The van der Waals surface area contributed by atoms with Gasteiger partial charge in [0.15, 0.2) is 5.96 Å². The number of nitrogens with one attached hydrogen (secondary N) is 3. The van der Waals surface area contributed by atoms with E-state index in [4.69, 9.17) is 22.3 Å². The van der Waals surface area contributed by atoms with Gasteiger partial charge in [0, 0.05) is 13.0 Å². The highest BCUT2D eigenvalue weighted by Gasteiger charge is 2.30. The molecule has 0 saturated heterocycles. The highest BCUT2D eigenvalue weighted by Crippen LogP contribution is 2.09. The predicted octanol–water partition coefficient (Wildman–Crippen LogP) is -1.43. The van der Waals surface area contributed by atoms with Crippen LogP contribution in [0.4, 0.5) is 0 Å². The van der Waals surface area contributed by atoms with Crippen molar-refractivity contribution in [3.63, 3.8) is 0 Å². The summed E-state index contributed by atoms with van der Waals surface area (Å²) in [6.45, 7) is 3.86. The van der Waals surface area contributed by atoms with Crippen molar-refractivity contribution >= 4 is 47.4 Å². The van der Waals surface area contributed by atoms with Crippen LogP contribution < -0.4 is 33.2 Å². The summed E-state index contributed by atoms with van der Waals surface area (Å²) in [7, 11) is 0. The Bertz CT molecular complexity index is 806. The zero-order valence-electron chi connectivity index (χ0n) is 21.6. The Hall–Kier alpha value is -3.07. The number of carboxylic acid groups (broad SMARTS) is 2. The van der Waals surface area contributed by atoms with Crippen LogP contribution in [0.2, 0.25) is 0 Å². The first-order valence-corrected chi connectivity index (χ1v) is 13.3. The van der Waals surface area contributed by atoms with Crippen molar-refractivity contribution < 1.29 is 34.2 Å². The number of aliphatic carboxylic acids is 2. The van der Waals surface area contributed by atoms with E-state index in [0.29, 0.717) is 12.2 Å². The lowest BCUT2D eigenvalue weighted by Gasteiger charge is -2.26. The van der Waals surface area contributed by atoms with E-state index in [0.717, 1.165) is 0 Å². The number of aliphatic imine (C=N–C) groups is 1. The topological polar surface area (TPSA) is 252 Å². The standard InChI is InChI=1S/C22H41N7O7S/c1-12(2)11-16(20(34)28-15(21(35)36)8-10-37-3)29-19(33)14(5-4-9-26-22(24)25)27-18(32)13(23)6-7-17(30)31/h12-16H,4-11,23H2,1-3H3,(H,27,32)(H,28,34)(H,29,33)(H,30,31)(H,35,36)(H4,24,25,26). The Morgan fingerprint density at radius 2 is 1.43 bits per heavy atom. The van der Waals surface area contributed by atoms with Crippen LogP contribution in [-0.2, 0) is 24.0 Å². The van der Waals surface area contributed by atoms with Gasteiger partial charge in [-0.15, -0.1) is 0 Å². The summed E-state index contributed by atoms with van der Waals surface area (Å²) in [5.41, 5.74) is 16.4. The van der Waals surface area contributed by atoms with Crippen LogP contribution in [0.15, 0.2) is 4.99 Å². The highest BCUT2D eigenvalue weighted by atomic mass is 32.2. The van der Waals surface area contributed by atoms with Crippen molar-refractivity contribution in [1.82, 2.24) is 16.0 Å². The molecule has 0 rings (SSSR count). The van der Waals surface area contributed by atoms with Crippen LogP contribution in [0.3, 0.4) is 0 Å². The first-order chi connectivity index (χ1) is 17.3. The van der Waals surface area contributed by atoms with Gasteiger partial charge < -0.3 is 43.4 Å². The van der Waals surface area contributed by atoms with Gasteiger partial charge in [-0.05, 0) is 50.0 Å². The van der Waals surface area contributed by atoms with Gasteiger partial charge in [-0.25, -0.2) is 4.79 Å². The Morgan fingerprint density at radius 1 is 0.865 bits per heavy atom. The Morgan fingerprint density at radius 3 is 1.95 bits per heavy atom.